The lowest BCUT2D eigenvalue weighted by Crippen LogP contribution is -2.40. The molecule has 0 bridgehead atoms. The van der Waals surface area contributed by atoms with E-state index in [-0.39, 0.29) is 5.91 Å². The largest absolute Gasteiger partial charge is 0.487 e. The Kier molecular flexibility index (Phi) is 4.74. The molecule has 0 radical (unpaired) electrons. The van der Waals surface area contributed by atoms with Gasteiger partial charge >= 0.3 is 5.97 Å². The molecule has 0 unspecified atom stereocenters. The quantitative estimate of drug-likeness (QED) is 0.912. The number of nitrogens with zero attached hydrogens (tertiary/aromatic N) is 2. The van der Waals surface area contributed by atoms with Gasteiger partial charge in [0.1, 0.15) is 18.4 Å². The zero-order chi connectivity index (χ0) is 16.9. The summed E-state index contributed by atoms with van der Waals surface area (Å²) >= 11 is 0. The van der Waals surface area contributed by atoms with Crippen molar-refractivity contribution in [1.82, 2.24) is 9.88 Å². The molecule has 0 spiro atoms. The topological polar surface area (TPSA) is 79.7 Å². The minimum absolute atomic E-state index is 0.254. The molecule has 6 heteroatoms. The van der Waals surface area contributed by atoms with Crippen LogP contribution < -0.4 is 4.74 Å². The molecule has 1 aromatic heterocycles. The third-order valence-electron chi connectivity index (χ3n) is 4.01. The second-order valence-corrected chi connectivity index (χ2v) is 5.63. The second-order valence-electron chi connectivity index (χ2n) is 5.63. The van der Waals surface area contributed by atoms with Gasteiger partial charge in [-0.15, -0.1) is 0 Å². The highest BCUT2D eigenvalue weighted by Crippen LogP contribution is 2.22. The molecule has 3 rings (SSSR count). The van der Waals surface area contributed by atoms with Crippen molar-refractivity contribution in [2.24, 2.45) is 0 Å². The van der Waals surface area contributed by atoms with Gasteiger partial charge in [-0.05, 0) is 49.2 Å². The number of rotatable bonds is 5. The Labute approximate surface area is 139 Å². The van der Waals surface area contributed by atoms with Crippen molar-refractivity contribution < 1.29 is 19.4 Å². The highest BCUT2D eigenvalue weighted by atomic mass is 16.5. The molecule has 2 heterocycles. The van der Waals surface area contributed by atoms with Crippen LogP contribution in [0.1, 0.15) is 28.9 Å². The van der Waals surface area contributed by atoms with E-state index in [4.69, 9.17) is 4.74 Å². The summed E-state index contributed by atoms with van der Waals surface area (Å²) in [6.07, 6.45) is 2.93. The van der Waals surface area contributed by atoms with Crippen LogP contribution in [0, 0.1) is 0 Å². The van der Waals surface area contributed by atoms with Crippen LogP contribution in [0.5, 0.6) is 5.75 Å². The summed E-state index contributed by atoms with van der Waals surface area (Å²) in [7, 11) is 0. The van der Waals surface area contributed by atoms with Gasteiger partial charge in [-0.2, -0.15) is 0 Å². The Balaban J connectivity index is 1.63. The minimum atomic E-state index is -0.948. The number of aliphatic carboxylic acids is 1. The van der Waals surface area contributed by atoms with Gasteiger partial charge < -0.3 is 14.7 Å². The smallest absolute Gasteiger partial charge is 0.326 e. The third-order valence-corrected chi connectivity index (χ3v) is 4.01. The maximum atomic E-state index is 12.5. The predicted molar refractivity (Wildman–Crippen MR) is 86.7 cm³/mol. The molecule has 0 aliphatic carbocycles. The lowest BCUT2D eigenvalue weighted by molar-refractivity contribution is -0.141. The van der Waals surface area contributed by atoms with Crippen molar-refractivity contribution in [2.75, 3.05) is 6.54 Å². The molecular formula is C18H18N2O4. The Morgan fingerprint density at radius 1 is 1.21 bits per heavy atom. The van der Waals surface area contributed by atoms with E-state index in [0.29, 0.717) is 37.3 Å². The molecule has 124 valence electrons. The molecule has 1 aliphatic heterocycles. The number of amides is 1. The van der Waals surface area contributed by atoms with E-state index in [2.05, 4.69) is 4.98 Å². The van der Waals surface area contributed by atoms with E-state index in [0.717, 1.165) is 5.69 Å². The van der Waals surface area contributed by atoms with Crippen LogP contribution in [0.3, 0.4) is 0 Å². The maximum absolute atomic E-state index is 12.5. The average Bonchev–Trinajstić information content (AvgIpc) is 3.11. The van der Waals surface area contributed by atoms with Crippen molar-refractivity contribution in [3.8, 4) is 5.75 Å². The van der Waals surface area contributed by atoms with Crippen LogP contribution in [0.4, 0.5) is 0 Å². The van der Waals surface area contributed by atoms with Crippen LogP contribution in [0.2, 0.25) is 0 Å². The Hall–Kier alpha value is -2.89. The number of hydrogen-bond acceptors (Lipinski definition) is 4. The van der Waals surface area contributed by atoms with Gasteiger partial charge in [-0.25, -0.2) is 4.79 Å². The number of carbonyl (C=O) groups excluding carboxylic acids is 1. The summed E-state index contributed by atoms with van der Waals surface area (Å²) in [5, 5.41) is 9.18. The van der Waals surface area contributed by atoms with Gasteiger partial charge in [0.05, 0.1) is 5.69 Å². The van der Waals surface area contributed by atoms with Crippen molar-refractivity contribution in [3.05, 3.63) is 59.9 Å². The Bertz CT molecular complexity index is 716. The fourth-order valence-corrected chi connectivity index (χ4v) is 2.77. The third kappa shape index (κ3) is 3.53. The predicted octanol–water partition coefficient (Wildman–Crippen LogP) is 2.35. The van der Waals surface area contributed by atoms with Crippen LogP contribution in [-0.4, -0.2) is 39.5 Å². The highest BCUT2D eigenvalue weighted by Gasteiger charge is 2.34. The number of aromatic nitrogens is 1. The van der Waals surface area contributed by atoms with Gasteiger partial charge in [-0.3, -0.25) is 9.78 Å². The SMILES string of the molecule is O=C(O)[C@@H]1CCCN1C(=O)c1ccc(OCc2ccccn2)cc1. The van der Waals surface area contributed by atoms with Crippen molar-refractivity contribution in [2.45, 2.75) is 25.5 Å². The first kappa shape index (κ1) is 16.0. The molecular weight excluding hydrogens is 308 g/mol. The van der Waals surface area contributed by atoms with E-state index in [1.807, 2.05) is 18.2 Å². The number of carboxylic acid groups (broad SMARTS) is 1. The molecule has 1 saturated heterocycles. The molecule has 1 amide bonds. The van der Waals surface area contributed by atoms with Crippen molar-refractivity contribution in [3.63, 3.8) is 0 Å². The number of pyridine rings is 1. The minimum Gasteiger partial charge on any atom is -0.487 e. The van der Waals surface area contributed by atoms with Gasteiger partial charge in [-0.1, -0.05) is 6.07 Å². The zero-order valence-electron chi connectivity index (χ0n) is 13.1. The Morgan fingerprint density at radius 3 is 2.67 bits per heavy atom. The lowest BCUT2D eigenvalue weighted by Gasteiger charge is -2.21. The van der Waals surface area contributed by atoms with Crippen molar-refractivity contribution in [1.29, 1.82) is 0 Å². The van der Waals surface area contributed by atoms with Gasteiger partial charge in [0, 0.05) is 18.3 Å². The van der Waals surface area contributed by atoms with Crippen LogP contribution in [-0.2, 0) is 11.4 Å². The summed E-state index contributed by atoms with van der Waals surface area (Å²) in [5.41, 5.74) is 1.28. The van der Waals surface area contributed by atoms with E-state index in [9.17, 15) is 14.7 Å². The summed E-state index contributed by atoms with van der Waals surface area (Å²) in [4.78, 5) is 29.3. The Morgan fingerprint density at radius 2 is 2.00 bits per heavy atom. The summed E-state index contributed by atoms with van der Waals surface area (Å²) in [6, 6.07) is 11.6. The molecule has 1 aliphatic rings. The van der Waals surface area contributed by atoms with Crippen LogP contribution in [0.25, 0.3) is 0 Å². The number of hydrogen-bond donors (Lipinski definition) is 1. The van der Waals surface area contributed by atoms with Crippen molar-refractivity contribution >= 4 is 11.9 Å². The fourth-order valence-electron chi connectivity index (χ4n) is 2.77. The highest BCUT2D eigenvalue weighted by molar-refractivity contribution is 5.97. The molecule has 1 aromatic carbocycles. The van der Waals surface area contributed by atoms with Gasteiger partial charge in [0.25, 0.3) is 5.91 Å². The first-order valence-corrected chi connectivity index (χ1v) is 7.82. The number of carboxylic acids is 1. The molecule has 1 fully saturated rings. The fraction of sp³-hybridized carbons (Fsp3) is 0.278. The van der Waals surface area contributed by atoms with E-state index >= 15 is 0 Å². The number of benzene rings is 1. The summed E-state index contributed by atoms with van der Waals surface area (Å²) in [5.74, 6) is -0.569. The number of ether oxygens (including phenoxy) is 1. The molecule has 0 saturated carbocycles. The maximum Gasteiger partial charge on any atom is 0.326 e. The van der Waals surface area contributed by atoms with Gasteiger partial charge in [0.2, 0.25) is 0 Å². The standard InChI is InChI=1S/C18H18N2O4/c21-17(20-11-3-5-16(20)18(22)23)13-6-8-15(9-7-13)24-12-14-4-1-2-10-19-14/h1-2,4,6-10,16H,3,5,11-12H2,(H,22,23)/t16-/m0/s1. The molecule has 1 atom stereocenters. The van der Waals surface area contributed by atoms with Gasteiger partial charge in [0.15, 0.2) is 0 Å². The molecule has 6 nitrogen and oxygen atoms in total. The van der Waals surface area contributed by atoms with Crippen LogP contribution in [0.15, 0.2) is 48.7 Å². The molecule has 2 aromatic rings. The average molecular weight is 326 g/mol. The summed E-state index contributed by atoms with van der Waals surface area (Å²) in [6.45, 7) is 0.828. The monoisotopic (exact) mass is 326 g/mol. The second kappa shape index (κ2) is 7.12. The number of likely N-dealkylation sites (tertiary alicyclic amines) is 1. The normalized spacial score (nSPS) is 16.8. The van der Waals surface area contributed by atoms with E-state index in [1.165, 1.54) is 4.90 Å². The number of carbonyl (C=O) groups is 2. The molecule has 1 N–H and O–H groups in total. The lowest BCUT2D eigenvalue weighted by atomic mass is 10.1. The first-order valence-electron chi connectivity index (χ1n) is 7.82. The summed E-state index contributed by atoms with van der Waals surface area (Å²) < 4.78 is 5.63. The van der Waals surface area contributed by atoms with E-state index < -0.39 is 12.0 Å². The zero-order valence-corrected chi connectivity index (χ0v) is 13.1. The molecule has 24 heavy (non-hydrogen) atoms. The van der Waals surface area contributed by atoms with Crippen LogP contribution >= 0.6 is 0 Å². The van der Waals surface area contributed by atoms with E-state index in [1.54, 1.807) is 30.5 Å². The first-order chi connectivity index (χ1) is 11.6.